The van der Waals surface area contributed by atoms with Gasteiger partial charge in [0.15, 0.2) is 0 Å². The van der Waals surface area contributed by atoms with Crippen LogP contribution < -0.4 is 5.32 Å². The van der Waals surface area contributed by atoms with E-state index in [9.17, 15) is 19.8 Å². The van der Waals surface area contributed by atoms with Crippen molar-refractivity contribution in [2.75, 3.05) is 13.2 Å². The zero-order valence-electron chi connectivity index (χ0n) is 57.0. The van der Waals surface area contributed by atoms with Crippen LogP contribution in [0.15, 0.2) is 0 Å². The maximum atomic E-state index is 12.5. The first kappa shape index (κ1) is 81.9. The quantitative estimate of drug-likeness (QED) is 0.0417. The standard InChI is InChI=1S/C77H153NO5/c1-3-5-7-9-11-13-15-17-19-21-38-41-45-49-53-57-61-65-69-75(80)74(73-79)78-76(81)70-66-62-58-54-50-46-42-39-35-33-31-29-27-25-23-22-24-26-28-30-32-34-36-40-44-48-52-56-60-64-68-72-83-77(82)71-67-63-59-55-51-47-43-37-20-18-16-14-12-10-8-6-4-2/h74-75,79-80H,3-73H2,1-2H3,(H,78,81). The molecule has 6 heteroatoms. The second-order valence-corrected chi connectivity index (χ2v) is 27.1. The van der Waals surface area contributed by atoms with Gasteiger partial charge in [-0.25, -0.2) is 0 Å². The molecule has 0 radical (unpaired) electrons. The summed E-state index contributed by atoms with van der Waals surface area (Å²) in [6.45, 7) is 5.02. The van der Waals surface area contributed by atoms with Crippen LogP contribution in [0.3, 0.4) is 0 Å². The highest BCUT2D eigenvalue weighted by atomic mass is 16.5. The number of carbonyl (C=O) groups is 2. The van der Waals surface area contributed by atoms with Gasteiger partial charge in [0, 0.05) is 12.8 Å². The van der Waals surface area contributed by atoms with E-state index in [0.29, 0.717) is 25.9 Å². The molecule has 2 atom stereocenters. The molecule has 0 heterocycles. The van der Waals surface area contributed by atoms with Crippen LogP contribution in [0.4, 0.5) is 0 Å². The number of esters is 1. The topological polar surface area (TPSA) is 95.9 Å². The average Bonchev–Trinajstić information content (AvgIpc) is 3.49. The van der Waals surface area contributed by atoms with Crippen molar-refractivity contribution in [1.82, 2.24) is 5.32 Å². The molecule has 0 saturated heterocycles. The number of unbranched alkanes of at least 4 members (excludes halogenated alkanes) is 63. The number of hydrogen-bond acceptors (Lipinski definition) is 5. The Hall–Kier alpha value is -1.14. The van der Waals surface area contributed by atoms with Crippen LogP contribution in [0.1, 0.15) is 457 Å². The largest absolute Gasteiger partial charge is 0.466 e. The number of ether oxygens (including phenoxy) is 1. The molecule has 496 valence electrons. The van der Waals surface area contributed by atoms with Gasteiger partial charge < -0.3 is 20.3 Å². The van der Waals surface area contributed by atoms with Crippen LogP contribution in [0.25, 0.3) is 0 Å². The van der Waals surface area contributed by atoms with Crippen LogP contribution >= 0.6 is 0 Å². The van der Waals surface area contributed by atoms with E-state index in [2.05, 4.69) is 19.2 Å². The SMILES string of the molecule is CCCCCCCCCCCCCCCCCCCCC(O)C(CO)NC(=O)CCCCCCCCCCCCCCCCCCCCCCCCCCCCCCCCCOC(=O)CCCCCCCCCCCCCCCCCCC. The predicted molar refractivity (Wildman–Crippen MR) is 366 cm³/mol. The molecule has 0 aromatic heterocycles. The Bertz CT molecular complexity index is 1210. The normalized spacial score (nSPS) is 12.4. The molecule has 0 saturated carbocycles. The summed E-state index contributed by atoms with van der Waals surface area (Å²) in [4.78, 5) is 24.7. The Morgan fingerprint density at radius 1 is 0.289 bits per heavy atom. The Kier molecular flexibility index (Phi) is 72.3. The van der Waals surface area contributed by atoms with Gasteiger partial charge in [0.05, 0.1) is 25.4 Å². The molecule has 0 aromatic rings. The van der Waals surface area contributed by atoms with Crippen molar-refractivity contribution < 1.29 is 24.5 Å². The van der Waals surface area contributed by atoms with E-state index in [4.69, 9.17) is 4.74 Å². The van der Waals surface area contributed by atoms with E-state index in [1.54, 1.807) is 0 Å². The molecule has 0 aliphatic heterocycles. The number of amides is 1. The van der Waals surface area contributed by atoms with Crippen molar-refractivity contribution in [3.8, 4) is 0 Å². The fourth-order valence-electron chi connectivity index (χ4n) is 12.8. The van der Waals surface area contributed by atoms with Gasteiger partial charge in [-0.3, -0.25) is 9.59 Å². The van der Waals surface area contributed by atoms with Crippen LogP contribution in [0, 0.1) is 0 Å². The molecule has 3 N–H and O–H groups in total. The highest BCUT2D eigenvalue weighted by Crippen LogP contribution is 2.20. The smallest absolute Gasteiger partial charge is 0.305 e. The number of hydrogen-bond donors (Lipinski definition) is 3. The van der Waals surface area contributed by atoms with Crippen molar-refractivity contribution in [2.24, 2.45) is 0 Å². The van der Waals surface area contributed by atoms with Crippen LogP contribution in [0.5, 0.6) is 0 Å². The zero-order valence-corrected chi connectivity index (χ0v) is 57.0. The van der Waals surface area contributed by atoms with Gasteiger partial charge in [-0.15, -0.1) is 0 Å². The van der Waals surface area contributed by atoms with Crippen molar-refractivity contribution in [1.29, 1.82) is 0 Å². The molecule has 0 aromatic carbocycles. The highest BCUT2D eigenvalue weighted by molar-refractivity contribution is 5.76. The lowest BCUT2D eigenvalue weighted by Gasteiger charge is -2.22. The van der Waals surface area contributed by atoms with E-state index < -0.39 is 12.1 Å². The molecule has 0 bridgehead atoms. The number of carbonyl (C=O) groups excluding carboxylic acids is 2. The van der Waals surface area contributed by atoms with Crippen LogP contribution in [0.2, 0.25) is 0 Å². The van der Waals surface area contributed by atoms with Gasteiger partial charge in [-0.2, -0.15) is 0 Å². The molecule has 0 aliphatic carbocycles. The first-order valence-electron chi connectivity index (χ1n) is 38.8. The average molecular weight is 1170 g/mol. The van der Waals surface area contributed by atoms with E-state index in [1.807, 2.05) is 0 Å². The summed E-state index contributed by atoms with van der Waals surface area (Å²) in [6.07, 6.45) is 90.4. The van der Waals surface area contributed by atoms with Gasteiger partial charge in [0.1, 0.15) is 0 Å². The monoisotopic (exact) mass is 1170 g/mol. The molecule has 0 rings (SSSR count). The summed E-state index contributed by atoms with van der Waals surface area (Å²) in [5.74, 6) is 0.000653. The Balaban J connectivity index is 3.30. The highest BCUT2D eigenvalue weighted by Gasteiger charge is 2.20. The summed E-state index contributed by atoms with van der Waals surface area (Å²) < 4.78 is 5.52. The van der Waals surface area contributed by atoms with Gasteiger partial charge in [-0.05, 0) is 25.7 Å². The predicted octanol–water partition coefficient (Wildman–Crippen LogP) is 25.3. The molecule has 0 aliphatic rings. The van der Waals surface area contributed by atoms with Crippen molar-refractivity contribution in [3.63, 3.8) is 0 Å². The van der Waals surface area contributed by atoms with Crippen molar-refractivity contribution >= 4 is 11.9 Å². The van der Waals surface area contributed by atoms with E-state index in [0.717, 1.165) is 38.5 Å². The fourth-order valence-corrected chi connectivity index (χ4v) is 12.8. The maximum Gasteiger partial charge on any atom is 0.305 e. The second kappa shape index (κ2) is 73.3. The summed E-state index contributed by atoms with van der Waals surface area (Å²) in [5, 5.41) is 23.4. The molecule has 0 fully saturated rings. The molecular formula is C77H153NO5. The summed E-state index contributed by atoms with van der Waals surface area (Å²) in [7, 11) is 0. The van der Waals surface area contributed by atoms with Gasteiger partial charge in [0.25, 0.3) is 0 Å². The molecule has 83 heavy (non-hydrogen) atoms. The lowest BCUT2D eigenvalue weighted by Crippen LogP contribution is -2.45. The Morgan fingerprint density at radius 2 is 0.494 bits per heavy atom. The van der Waals surface area contributed by atoms with Crippen molar-refractivity contribution in [2.45, 2.75) is 469 Å². The van der Waals surface area contributed by atoms with Crippen molar-refractivity contribution in [3.05, 3.63) is 0 Å². The van der Waals surface area contributed by atoms with Crippen LogP contribution in [-0.2, 0) is 14.3 Å². The maximum absolute atomic E-state index is 12.5. The third-order valence-electron chi connectivity index (χ3n) is 18.7. The number of nitrogens with one attached hydrogen (secondary N) is 1. The lowest BCUT2D eigenvalue weighted by atomic mass is 10.0. The van der Waals surface area contributed by atoms with Crippen LogP contribution in [-0.4, -0.2) is 47.4 Å². The Labute approximate surface area is 521 Å². The molecule has 1 amide bonds. The minimum atomic E-state index is -0.661. The Morgan fingerprint density at radius 3 is 0.735 bits per heavy atom. The van der Waals surface area contributed by atoms with Gasteiger partial charge in [0.2, 0.25) is 5.91 Å². The first-order valence-corrected chi connectivity index (χ1v) is 38.8. The minimum absolute atomic E-state index is 0.0255. The first-order chi connectivity index (χ1) is 41.0. The molecular weight excluding hydrogens is 1020 g/mol. The number of aliphatic hydroxyl groups excluding tert-OH is 2. The van der Waals surface area contributed by atoms with E-state index >= 15 is 0 Å². The third kappa shape index (κ3) is 69.8. The summed E-state index contributed by atoms with van der Waals surface area (Å²) in [6, 6.07) is -0.538. The number of rotatable bonds is 74. The molecule has 2 unspecified atom stereocenters. The second-order valence-electron chi connectivity index (χ2n) is 27.1. The third-order valence-corrected chi connectivity index (χ3v) is 18.7. The van der Waals surface area contributed by atoms with E-state index in [-0.39, 0.29) is 18.5 Å². The zero-order chi connectivity index (χ0) is 59.9. The molecule has 0 spiro atoms. The van der Waals surface area contributed by atoms with E-state index in [1.165, 1.54) is 385 Å². The molecule has 6 nitrogen and oxygen atoms in total. The lowest BCUT2D eigenvalue weighted by molar-refractivity contribution is -0.143. The fraction of sp³-hybridized carbons (Fsp3) is 0.974. The summed E-state index contributed by atoms with van der Waals surface area (Å²) >= 11 is 0. The minimum Gasteiger partial charge on any atom is -0.466 e. The number of aliphatic hydroxyl groups is 2. The van der Waals surface area contributed by atoms with Gasteiger partial charge in [-0.1, -0.05) is 418 Å². The van der Waals surface area contributed by atoms with Gasteiger partial charge >= 0.3 is 5.97 Å². The summed E-state index contributed by atoms with van der Waals surface area (Å²) in [5.41, 5.74) is 0.